The summed E-state index contributed by atoms with van der Waals surface area (Å²) in [5, 5.41) is 2.91. The van der Waals surface area contributed by atoms with E-state index in [0.29, 0.717) is 24.9 Å². The zero-order valence-electron chi connectivity index (χ0n) is 11.3. The molecule has 0 rings (SSSR count). The quantitative estimate of drug-likeness (QED) is 0.679. The molecule has 0 saturated heterocycles. The van der Waals surface area contributed by atoms with Gasteiger partial charge in [0, 0.05) is 12.6 Å². The van der Waals surface area contributed by atoms with Crippen LogP contribution in [0.3, 0.4) is 0 Å². The maximum atomic E-state index is 11.5. The standard InChI is InChI=1S/C12H27N3O/c1-6-11(13)12(16)14-8-10(15(4)5)7-9(2)3/h9-11H,6-8,13H2,1-5H3,(H,14,16)/t10?,11-/m1/s1. The molecular formula is C12H27N3O. The smallest absolute Gasteiger partial charge is 0.236 e. The lowest BCUT2D eigenvalue weighted by Gasteiger charge is -2.26. The number of rotatable bonds is 7. The second kappa shape index (κ2) is 7.63. The minimum absolute atomic E-state index is 0.0434. The van der Waals surface area contributed by atoms with E-state index in [1.54, 1.807) is 0 Å². The lowest BCUT2D eigenvalue weighted by atomic mass is 10.0. The van der Waals surface area contributed by atoms with Gasteiger partial charge in [-0.1, -0.05) is 20.8 Å². The lowest BCUT2D eigenvalue weighted by molar-refractivity contribution is -0.122. The molecule has 96 valence electrons. The Morgan fingerprint density at radius 3 is 2.31 bits per heavy atom. The molecule has 4 heteroatoms. The fourth-order valence-corrected chi connectivity index (χ4v) is 1.56. The molecule has 0 aromatic rings. The zero-order chi connectivity index (χ0) is 12.7. The van der Waals surface area contributed by atoms with Crippen LogP contribution in [0.25, 0.3) is 0 Å². The molecule has 0 heterocycles. The maximum absolute atomic E-state index is 11.5. The maximum Gasteiger partial charge on any atom is 0.236 e. The summed E-state index contributed by atoms with van der Waals surface area (Å²) in [7, 11) is 4.08. The molecule has 16 heavy (non-hydrogen) atoms. The van der Waals surface area contributed by atoms with Gasteiger partial charge in [0.1, 0.15) is 0 Å². The van der Waals surface area contributed by atoms with Crippen LogP contribution >= 0.6 is 0 Å². The summed E-state index contributed by atoms with van der Waals surface area (Å²) in [5.41, 5.74) is 5.65. The molecule has 0 spiro atoms. The van der Waals surface area contributed by atoms with Crippen LogP contribution in [-0.2, 0) is 4.79 Å². The molecular weight excluding hydrogens is 202 g/mol. The van der Waals surface area contributed by atoms with Gasteiger partial charge in [0.25, 0.3) is 0 Å². The Morgan fingerprint density at radius 1 is 1.38 bits per heavy atom. The molecule has 0 saturated carbocycles. The molecule has 2 atom stereocenters. The highest BCUT2D eigenvalue weighted by molar-refractivity contribution is 5.81. The van der Waals surface area contributed by atoms with Crippen molar-refractivity contribution in [2.75, 3.05) is 20.6 Å². The molecule has 0 aliphatic carbocycles. The van der Waals surface area contributed by atoms with Gasteiger partial charge in [0.15, 0.2) is 0 Å². The summed E-state index contributed by atoms with van der Waals surface area (Å²) in [6.45, 7) is 6.98. The molecule has 4 nitrogen and oxygen atoms in total. The van der Waals surface area contributed by atoms with Crippen molar-refractivity contribution in [3.8, 4) is 0 Å². The Kier molecular flexibility index (Phi) is 7.34. The molecule has 1 amide bonds. The van der Waals surface area contributed by atoms with Crippen LogP contribution in [-0.4, -0.2) is 43.5 Å². The van der Waals surface area contributed by atoms with E-state index in [0.717, 1.165) is 6.42 Å². The molecule has 0 aliphatic heterocycles. The number of carbonyl (C=O) groups is 1. The molecule has 0 aromatic heterocycles. The first-order valence-corrected chi connectivity index (χ1v) is 6.08. The van der Waals surface area contributed by atoms with E-state index >= 15 is 0 Å². The Labute approximate surface area is 99.6 Å². The van der Waals surface area contributed by atoms with E-state index in [1.807, 2.05) is 21.0 Å². The van der Waals surface area contributed by atoms with Crippen LogP contribution in [0.5, 0.6) is 0 Å². The van der Waals surface area contributed by atoms with Gasteiger partial charge in [-0.05, 0) is 32.9 Å². The zero-order valence-corrected chi connectivity index (χ0v) is 11.3. The summed E-state index contributed by atoms with van der Waals surface area (Å²) in [5.74, 6) is 0.585. The predicted octanol–water partition coefficient (Wildman–Crippen LogP) is 0.816. The SMILES string of the molecule is CC[C@@H](N)C(=O)NCC(CC(C)C)N(C)C. The molecule has 3 N–H and O–H groups in total. The second-order valence-corrected chi connectivity index (χ2v) is 5.01. The molecule has 0 aliphatic rings. The van der Waals surface area contributed by atoms with Gasteiger partial charge in [-0.2, -0.15) is 0 Å². The van der Waals surface area contributed by atoms with Crippen molar-refractivity contribution in [2.45, 2.75) is 45.7 Å². The van der Waals surface area contributed by atoms with Gasteiger partial charge >= 0.3 is 0 Å². The topological polar surface area (TPSA) is 58.4 Å². The first-order chi connectivity index (χ1) is 7.38. The first kappa shape index (κ1) is 15.4. The highest BCUT2D eigenvalue weighted by Gasteiger charge is 2.16. The van der Waals surface area contributed by atoms with Crippen molar-refractivity contribution in [3.63, 3.8) is 0 Å². The van der Waals surface area contributed by atoms with Crippen LogP contribution in [0.1, 0.15) is 33.6 Å². The van der Waals surface area contributed by atoms with Crippen LogP contribution in [0.15, 0.2) is 0 Å². The monoisotopic (exact) mass is 229 g/mol. The fourth-order valence-electron chi connectivity index (χ4n) is 1.56. The molecule has 0 fully saturated rings. The van der Waals surface area contributed by atoms with Crippen molar-refractivity contribution in [1.29, 1.82) is 0 Å². The normalized spacial score (nSPS) is 15.2. The van der Waals surface area contributed by atoms with Gasteiger partial charge < -0.3 is 16.0 Å². The summed E-state index contributed by atoms with van der Waals surface area (Å²) in [4.78, 5) is 13.7. The minimum atomic E-state index is -0.373. The van der Waals surface area contributed by atoms with Crippen molar-refractivity contribution < 1.29 is 4.79 Å². The third-order valence-electron chi connectivity index (χ3n) is 2.76. The van der Waals surface area contributed by atoms with E-state index < -0.39 is 0 Å². The van der Waals surface area contributed by atoms with Gasteiger partial charge in [0.05, 0.1) is 6.04 Å². The van der Waals surface area contributed by atoms with Crippen LogP contribution in [0.2, 0.25) is 0 Å². The predicted molar refractivity (Wildman–Crippen MR) is 68.2 cm³/mol. The Bertz CT molecular complexity index is 204. The number of nitrogens with one attached hydrogen (secondary N) is 1. The number of carbonyl (C=O) groups excluding carboxylic acids is 1. The van der Waals surface area contributed by atoms with Crippen molar-refractivity contribution in [2.24, 2.45) is 11.7 Å². The Hall–Kier alpha value is -0.610. The number of nitrogens with zero attached hydrogens (tertiary/aromatic N) is 1. The molecule has 0 aromatic carbocycles. The fraction of sp³-hybridized carbons (Fsp3) is 0.917. The first-order valence-electron chi connectivity index (χ1n) is 6.08. The van der Waals surface area contributed by atoms with Gasteiger partial charge in [-0.25, -0.2) is 0 Å². The number of likely N-dealkylation sites (N-methyl/N-ethyl adjacent to an activating group) is 1. The summed E-state index contributed by atoms with van der Waals surface area (Å²) in [6.07, 6.45) is 1.76. The Balaban J connectivity index is 4.06. The molecule has 0 bridgehead atoms. The number of hydrogen-bond donors (Lipinski definition) is 2. The van der Waals surface area contributed by atoms with Crippen LogP contribution in [0.4, 0.5) is 0 Å². The summed E-state index contributed by atoms with van der Waals surface area (Å²) in [6, 6.07) is 0.00914. The van der Waals surface area contributed by atoms with Gasteiger partial charge in [0.2, 0.25) is 5.91 Å². The van der Waals surface area contributed by atoms with E-state index in [9.17, 15) is 4.79 Å². The third kappa shape index (κ3) is 6.08. The second-order valence-electron chi connectivity index (χ2n) is 5.01. The minimum Gasteiger partial charge on any atom is -0.353 e. The largest absolute Gasteiger partial charge is 0.353 e. The van der Waals surface area contributed by atoms with E-state index in [4.69, 9.17) is 5.73 Å². The molecule has 0 radical (unpaired) electrons. The van der Waals surface area contributed by atoms with Crippen molar-refractivity contribution in [3.05, 3.63) is 0 Å². The van der Waals surface area contributed by atoms with E-state index in [1.165, 1.54) is 0 Å². The van der Waals surface area contributed by atoms with Crippen molar-refractivity contribution >= 4 is 5.91 Å². The average molecular weight is 229 g/mol. The van der Waals surface area contributed by atoms with Gasteiger partial charge in [-0.3, -0.25) is 4.79 Å². The van der Waals surface area contributed by atoms with Gasteiger partial charge in [-0.15, -0.1) is 0 Å². The number of nitrogens with two attached hydrogens (primary N) is 1. The van der Waals surface area contributed by atoms with E-state index in [2.05, 4.69) is 24.1 Å². The average Bonchev–Trinajstić information content (AvgIpc) is 2.21. The number of amides is 1. The van der Waals surface area contributed by atoms with E-state index in [-0.39, 0.29) is 11.9 Å². The Morgan fingerprint density at radius 2 is 1.94 bits per heavy atom. The van der Waals surface area contributed by atoms with Crippen molar-refractivity contribution in [1.82, 2.24) is 10.2 Å². The van der Waals surface area contributed by atoms with Crippen LogP contribution < -0.4 is 11.1 Å². The highest BCUT2D eigenvalue weighted by atomic mass is 16.2. The summed E-state index contributed by atoms with van der Waals surface area (Å²) >= 11 is 0. The third-order valence-corrected chi connectivity index (χ3v) is 2.76. The molecule has 1 unspecified atom stereocenters. The lowest BCUT2D eigenvalue weighted by Crippen LogP contribution is -2.46. The number of hydrogen-bond acceptors (Lipinski definition) is 3. The van der Waals surface area contributed by atoms with Crippen LogP contribution in [0, 0.1) is 5.92 Å². The summed E-state index contributed by atoms with van der Waals surface area (Å²) < 4.78 is 0. The highest BCUT2D eigenvalue weighted by Crippen LogP contribution is 2.08.